The third-order valence-electron chi connectivity index (χ3n) is 5.64. The summed E-state index contributed by atoms with van der Waals surface area (Å²) >= 11 is 5.68. The van der Waals surface area contributed by atoms with Crippen LogP contribution in [-0.4, -0.2) is 58.9 Å². The SMILES string of the molecule is Cc1nc(NC2CN(C(=O)c3ccc(Cl)c(F)c3)C2)nc2c1NC(=O)[C@H](C(C)C)N2C. The Kier molecular flexibility index (Phi) is 5.47. The molecule has 4 rings (SSSR count). The summed E-state index contributed by atoms with van der Waals surface area (Å²) in [6, 6.07) is 3.70. The van der Waals surface area contributed by atoms with Gasteiger partial charge in [0.25, 0.3) is 5.91 Å². The van der Waals surface area contributed by atoms with Crippen molar-refractivity contribution < 1.29 is 14.0 Å². The molecule has 2 aliphatic heterocycles. The van der Waals surface area contributed by atoms with Crippen LogP contribution in [0, 0.1) is 18.7 Å². The van der Waals surface area contributed by atoms with Gasteiger partial charge in [-0.2, -0.15) is 4.98 Å². The molecule has 2 aliphatic rings. The van der Waals surface area contributed by atoms with Crippen LogP contribution in [0.2, 0.25) is 5.02 Å². The summed E-state index contributed by atoms with van der Waals surface area (Å²) in [5, 5.41) is 6.16. The molecule has 164 valence electrons. The van der Waals surface area contributed by atoms with Gasteiger partial charge in [0.05, 0.1) is 16.8 Å². The first-order valence-electron chi connectivity index (χ1n) is 10.1. The molecule has 2 amide bonds. The van der Waals surface area contributed by atoms with Crippen molar-refractivity contribution in [3.63, 3.8) is 0 Å². The monoisotopic (exact) mass is 446 g/mol. The molecule has 10 heteroatoms. The average molecular weight is 447 g/mol. The third-order valence-corrected chi connectivity index (χ3v) is 5.95. The molecule has 1 aromatic heterocycles. The van der Waals surface area contributed by atoms with E-state index in [1.807, 2.05) is 32.7 Å². The second-order valence-electron chi connectivity index (χ2n) is 8.30. The molecule has 0 bridgehead atoms. The Balaban J connectivity index is 1.45. The van der Waals surface area contributed by atoms with Crippen LogP contribution in [0.1, 0.15) is 29.9 Å². The highest BCUT2D eigenvalue weighted by Gasteiger charge is 2.36. The van der Waals surface area contributed by atoms with E-state index in [9.17, 15) is 14.0 Å². The molecule has 1 saturated heterocycles. The van der Waals surface area contributed by atoms with Crippen molar-refractivity contribution in [2.75, 3.05) is 35.7 Å². The number of amides is 2. The second kappa shape index (κ2) is 7.96. The van der Waals surface area contributed by atoms with E-state index in [0.29, 0.717) is 36.2 Å². The van der Waals surface area contributed by atoms with Crippen molar-refractivity contribution in [3.05, 3.63) is 40.3 Å². The molecule has 1 atom stereocenters. The smallest absolute Gasteiger partial charge is 0.254 e. The van der Waals surface area contributed by atoms with Gasteiger partial charge < -0.3 is 20.4 Å². The number of nitrogens with zero attached hydrogens (tertiary/aromatic N) is 4. The summed E-state index contributed by atoms with van der Waals surface area (Å²) in [7, 11) is 1.85. The van der Waals surface area contributed by atoms with Gasteiger partial charge in [-0.1, -0.05) is 25.4 Å². The van der Waals surface area contributed by atoms with E-state index in [0.717, 1.165) is 6.07 Å². The molecule has 0 radical (unpaired) electrons. The Bertz CT molecular complexity index is 1060. The fraction of sp³-hybridized carbons (Fsp3) is 0.429. The number of hydrogen-bond acceptors (Lipinski definition) is 6. The van der Waals surface area contributed by atoms with Crippen molar-refractivity contribution in [2.45, 2.75) is 32.9 Å². The lowest BCUT2D eigenvalue weighted by atomic mass is 9.99. The van der Waals surface area contributed by atoms with Gasteiger partial charge in [-0.15, -0.1) is 0 Å². The summed E-state index contributed by atoms with van der Waals surface area (Å²) in [6.45, 7) is 6.70. The second-order valence-corrected chi connectivity index (χ2v) is 8.71. The van der Waals surface area contributed by atoms with Gasteiger partial charge in [0.1, 0.15) is 17.5 Å². The van der Waals surface area contributed by atoms with Crippen LogP contribution in [0.4, 0.5) is 21.8 Å². The average Bonchev–Trinajstić information content (AvgIpc) is 2.67. The van der Waals surface area contributed by atoms with Gasteiger partial charge >= 0.3 is 0 Å². The number of carbonyl (C=O) groups is 2. The highest BCUT2D eigenvalue weighted by atomic mass is 35.5. The largest absolute Gasteiger partial charge is 0.348 e. The number of anilines is 3. The Labute approximate surface area is 184 Å². The zero-order valence-electron chi connectivity index (χ0n) is 17.7. The number of fused-ring (bicyclic) bond motifs is 1. The quantitative estimate of drug-likeness (QED) is 0.750. The van der Waals surface area contributed by atoms with E-state index in [1.54, 1.807) is 4.90 Å². The van der Waals surface area contributed by atoms with Gasteiger partial charge in [0.2, 0.25) is 11.9 Å². The number of halogens is 2. The van der Waals surface area contributed by atoms with Gasteiger partial charge in [-0.25, -0.2) is 9.37 Å². The highest BCUT2D eigenvalue weighted by molar-refractivity contribution is 6.30. The lowest BCUT2D eigenvalue weighted by Crippen LogP contribution is -2.57. The summed E-state index contributed by atoms with van der Waals surface area (Å²) < 4.78 is 13.6. The molecule has 0 spiro atoms. The molecule has 2 N–H and O–H groups in total. The minimum absolute atomic E-state index is 0.0134. The molecule has 0 saturated carbocycles. The first-order valence-corrected chi connectivity index (χ1v) is 10.5. The topological polar surface area (TPSA) is 90.5 Å². The lowest BCUT2D eigenvalue weighted by Gasteiger charge is -2.40. The first kappa shape index (κ1) is 21.3. The van der Waals surface area contributed by atoms with E-state index in [4.69, 9.17) is 11.6 Å². The van der Waals surface area contributed by atoms with Crippen LogP contribution in [0.25, 0.3) is 0 Å². The Hall–Kier alpha value is -2.94. The first-order chi connectivity index (χ1) is 14.7. The molecule has 0 unspecified atom stereocenters. The van der Waals surface area contributed by atoms with Crippen LogP contribution in [-0.2, 0) is 4.79 Å². The van der Waals surface area contributed by atoms with E-state index in [1.165, 1.54) is 12.1 Å². The molecule has 1 fully saturated rings. The summed E-state index contributed by atoms with van der Waals surface area (Å²) in [6.07, 6.45) is 0. The van der Waals surface area contributed by atoms with E-state index >= 15 is 0 Å². The number of nitrogens with one attached hydrogen (secondary N) is 2. The fourth-order valence-electron chi connectivity index (χ4n) is 4.01. The van der Waals surface area contributed by atoms with Gasteiger partial charge in [0, 0.05) is 25.7 Å². The summed E-state index contributed by atoms with van der Waals surface area (Å²) in [4.78, 5) is 37.5. The van der Waals surface area contributed by atoms with Gasteiger partial charge in [-0.3, -0.25) is 9.59 Å². The van der Waals surface area contributed by atoms with Crippen LogP contribution in [0.3, 0.4) is 0 Å². The van der Waals surface area contributed by atoms with Crippen molar-refractivity contribution >= 4 is 40.9 Å². The molecule has 1 aromatic carbocycles. The fourth-order valence-corrected chi connectivity index (χ4v) is 4.13. The predicted molar refractivity (Wildman–Crippen MR) is 117 cm³/mol. The maximum atomic E-state index is 13.6. The molecule has 2 aromatic rings. The van der Waals surface area contributed by atoms with Gasteiger partial charge in [-0.05, 0) is 31.0 Å². The maximum absolute atomic E-state index is 13.6. The Morgan fingerprint density at radius 1 is 1.32 bits per heavy atom. The number of hydrogen-bond donors (Lipinski definition) is 2. The highest BCUT2D eigenvalue weighted by Crippen LogP contribution is 2.34. The van der Waals surface area contributed by atoms with E-state index in [2.05, 4.69) is 20.6 Å². The van der Waals surface area contributed by atoms with E-state index in [-0.39, 0.29) is 40.4 Å². The summed E-state index contributed by atoms with van der Waals surface area (Å²) in [5.74, 6) is 0.293. The predicted octanol–water partition coefficient (Wildman–Crippen LogP) is 2.93. The van der Waals surface area contributed by atoms with Crippen LogP contribution < -0.4 is 15.5 Å². The Morgan fingerprint density at radius 3 is 2.68 bits per heavy atom. The molecular formula is C21H24ClFN6O2. The number of rotatable bonds is 4. The minimum atomic E-state index is -0.614. The van der Waals surface area contributed by atoms with Crippen molar-refractivity contribution in [1.82, 2.24) is 14.9 Å². The normalized spacial score (nSPS) is 18.5. The number of aromatic nitrogens is 2. The molecule has 3 heterocycles. The molecule has 31 heavy (non-hydrogen) atoms. The standard InChI is InChI=1S/C21H24ClFN6O2/c1-10(2)17-19(30)26-16-11(3)24-21(27-18(16)28(17)4)25-13-8-29(9-13)20(31)12-5-6-14(22)15(23)7-12/h5-7,10,13,17H,8-9H2,1-4H3,(H,26,30)(H,24,25,27)/t17-/m0/s1. The number of aryl methyl sites for hydroxylation is 1. The van der Waals surface area contributed by atoms with Crippen molar-refractivity contribution in [3.8, 4) is 0 Å². The summed E-state index contributed by atoms with van der Waals surface area (Å²) in [5.41, 5.74) is 1.54. The zero-order valence-corrected chi connectivity index (χ0v) is 18.5. The number of likely N-dealkylation sites (tertiary alicyclic amines) is 1. The van der Waals surface area contributed by atoms with Gasteiger partial charge in [0.15, 0.2) is 5.82 Å². The van der Waals surface area contributed by atoms with Crippen LogP contribution >= 0.6 is 11.6 Å². The third kappa shape index (κ3) is 3.89. The number of likely N-dealkylation sites (N-methyl/N-ethyl adjacent to an activating group) is 1. The molecule has 8 nitrogen and oxygen atoms in total. The van der Waals surface area contributed by atoms with Crippen LogP contribution in [0.5, 0.6) is 0 Å². The zero-order chi connectivity index (χ0) is 22.4. The van der Waals surface area contributed by atoms with Crippen molar-refractivity contribution in [1.29, 1.82) is 0 Å². The maximum Gasteiger partial charge on any atom is 0.254 e. The molecule has 0 aliphatic carbocycles. The lowest BCUT2D eigenvalue weighted by molar-refractivity contribution is -0.118. The minimum Gasteiger partial charge on any atom is -0.348 e. The number of carbonyl (C=O) groups excluding carboxylic acids is 2. The Morgan fingerprint density at radius 2 is 2.03 bits per heavy atom. The van der Waals surface area contributed by atoms with Crippen LogP contribution in [0.15, 0.2) is 18.2 Å². The number of benzene rings is 1. The van der Waals surface area contributed by atoms with E-state index < -0.39 is 5.82 Å². The molecular weight excluding hydrogens is 423 g/mol. The van der Waals surface area contributed by atoms with Crippen molar-refractivity contribution in [2.24, 2.45) is 5.92 Å².